The van der Waals surface area contributed by atoms with Gasteiger partial charge in [-0.2, -0.15) is 5.10 Å². The Morgan fingerprint density at radius 2 is 1.86 bits per heavy atom. The first kappa shape index (κ1) is 18.7. The van der Waals surface area contributed by atoms with Crippen LogP contribution in [0.4, 0.5) is 0 Å². The van der Waals surface area contributed by atoms with Crippen LogP contribution in [0.5, 0.6) is 11.5 Å². The molecule has 1 aromatic heterocycles. The van der Waals surface area contributed by atoms with E-state index >= 15 is 0 Å². The summed E-state index contributed by atoms with van der Waals surface area (Å²) in [7, 11) is 0. The molecular weight excluding hydrogens is 366 g/mol. The van der Waals surface area contributed by atoms with E-state index in [1.54, 1.807) is 4.68 Å². The Labute approximate surface area is 171 Å². The topological polar surface area (TPSA) is 65.4 Å². The molecule has 5 rings (SSSR count). The Balaban J connectivity index is 1.21. The largest absolute Gasteiger partial charge is 0.486 e. The van der Waals surface area contributed by atoms with Crippen LogP contribution in [0.25, 0.3) is 0 Å². The highest BCUT2D eigenvalue weighted by Gasteiger charge is 2.26. The van der Waals surface area contributed by atoms with Gasteiger partial charge in [0.1, 0.15) is 13.2 Å². The van der Waals surface area contributed by atoms with Crippen molar-refractivity contribution in [3.05, 3.63) is 51.4 Å². The number of ether oxygens (including phenoxy) is 2. The first-order valence-electron chi connectivity index (χ1n) is 10.9. The number of fused-ring (bicyclic) bond motifs is 2. The van der Waals surface area contributed by atoms with Crippen molar-refractivity contribution in [3.63, 3.8) is 0 Å². The molecule has 1 unspecified atom stereocenters. The summed E-state index contributed by atoms with van der Waals surface area (Å²) >= 11 is 0. The first-order chi connectivity index (χ1) is 14.2. The minimum absolute atomic E-state index is 0.0757. The zero-order valence-corrected chi connectivity index (χ0v) is 17.0. The average molecular weight is 396 g/mol. The van der Waals surface area contributed by atoms with E-state index in [9.17, 15) is 4.79 Å². The molecule has 0 spiro atoms. The molecule has 2 heterocycles. The Morgan fingerprint density at radius 1 is 1.07 bits per heavy atom. The van der Waals surface area contributed by atoms with Gasteiger partial charge in [0.05, 0.1) is 11.7 Å². The molecule has 1 fully saturated rings. The standard InChI is InChI=1S/C23H29N3O3/c1-15(16-5-10-21-22(13-16)29-12-11-28-21)24-18-6-8-19(9-7-18)26-23(27)14-17-3-2-4-20(17)25-26/h5,10,13-15,18-19,24H,2-4,6-9,11-12H2,1H3. The molecule has 2 aromatic rings. The van der Waals surface area contributed by atoms with Gasteiger partial charge in [-0.25, -0.2) is 4.68 Å². The molecule has 1 aliphatic heterocycles. The number of hydrogen-bond acceptors (Lipinski definition) is 5. The van der Waals surface area contributed by atoms with Gasteiger partial charge in [0.25, 0.3) is 5.56 Å². The van der Waals surface area contributed by atoms with E-state index in [0.717, 1.165) is 67.7 Å². The van der Waals surface area contributed by atoms with E-state index in [-0.39, 0.29) is 17.6 Å². The molecule has 1 aromatic carbocycles. The maximum absolute atomic E-state index is 12.5. The van der Waals surface area contributed by atoms with E-state index in [0.29, 0.717) is 19.3 Å². The summed E-state index contributed by atoms with van der Waals surface area (Å²) in [6, 6.07) is 8.97. The van der Waals surface area contributed by atoms with Crippen molar-refractivity contribution in [1.29, 1.82) is 0 Å². The van der Waals surface area contributed by atoms with E-state index in [1.165, 1.54) is 5.56 Å². The van der Waals surface area contributed by atoms with E-state index in [2.05, 4.69) is 24.4 Å². The summed E-state index contributed by atoms with van der Waals surface area (Å²) in [4.78, 5) is 12.5. The molecular formula is C23H29N3O3. The fraction of sp³-hybridized carbons (Fsp3) is 0.565. The number of aromatic nitrogens is 2. The third-order valence-electron chi connectivity index (χ3n) is 6.58. The summed E-state index contributed by atoms with van der Waals surface area (Å²) < 4.78 is 13.1. The van der Waals surface area contributed by atoms with Crippen molar-refractivity contribution >= 4 is 0 Å². The molecule has 3 aliphatic rings. The Kier molecular flexibility index (Phi) is 5.04. The summed E-state index contributed by atoms with van der Waals surface area (Å²) in [6.45, 7) is 3.42. The van der Waals surface area contributed by atoms with Gasteiger partial charge in [-0.15, -0.1) is 0 Å². The summed E-state index contributed by atoms with van der Waals surface area (Å²) in [5.74, 6) is 1.67. The van der Waals surface area contributed by atoms with Crippen LogP contribution in [0.2, 0.25) is 0 Å². The van der Waals surface area contributed by atoms with Gasteiger partial charge < -0.3 is 14.8 Å². The van der Waals surface area contributed by atoms with Crippen molar-refractivity contribution in [2.24, 2.45) is 0 Å². The van der Waals surface area contributed by atoms with Crippen LogP contribution in [0.3, 0.4) is 0 Å². The molecule has 0 saturated heterocycles. The molecule has 0 amide bonds. The summed E-state index contributed by atoms with van der Waals surface area (Å²) in [5, 5.41) is 8.48. The first-order valence-corrected chi connectivity index (χ1v) is 10.9. The van der Waals surface area contributed by atoms with Crippen molar-refractivity contribution in [2.75, 3.05) is 13.2 Å². The number of benzene rings is 1. The van der Waals surface area contributed by atoms with Crippen LogP contribution >= 0.6 is 0 Å². The van der Waals surface area contributed by atoms with Gasteiger partial charge in [-0.1, -0.05) is 6.07 Å². The monoisotopic (exact) mass is 395 g/mol. The predicted octanol–water partition coefficient (Wildman–Crippen LogP) is 3.34. The highest BCUT2D eigenvalue weighted by Crippen LogP contribution is 2.34. The second-order valence-corrected chi connectivity index (χ2v) is 8.55. The van der Waals surface area contributed by atoms with Crippen LogP contribution in [-0.4, -0.2) is 29.0 Å². The zero-order chi connectivity index (χ0) is 19.8. The SMILES string of the molecule is CC(NC1CCC(n2nc3c(cc2=O)CCC3)CC1)c1ccc2c(c1)OCCO2. The van der Waals surface area contributed by atoms with E-state index < -0.39 is 0 Å². The van der Waals surface area contributed by atoms with Gasteiger partial charge in [-0.3, -0.25) is 4.79 Å². The normalized spacial score (nSPS) is 24.2. The summed E-state index contributed by atoms with van der Waals surface area (Å²) in [6.07, 6.45) is 7.26. The van der Waals surface area contributed by atoms with Crippen LogP contribution in [0, 0.1) is 0 Å². The fourth-order valence-electron chi connectivity index (χ4n) is 4.94. The lowest BCUT2D eigenvalue weighted by Crippen LogP contribution is -2.38. The third kappa shape index (κ3) is 3.78. The predicted molar refractivity (Wildman–Crippen MR) is 111 cm³/mol. The van der Waals surface area contributed by atoms with E-state index in [4.69, 9.17) is 14.6 Å². The Bertz CT molecular complexity index is 947. The maximum Gasteiger partial charge on any atom is 0.267 e. The van der Waals surface area contributed by atoms with E-state index in [1.807, 2.05) is 12.1 Å². The molecule has 0 bridgehead atoms. The van der Waals surface area contributed by atoms with Crippen molar-refractivity contribution in [1.82, 2.24) is 15.1 Å². The molecule has 2 aliphatic carbocycles. The van der Waals surface area contributed by atoms with Crippen LogP contribution in [0.15, 0.2) is 29.1 Å². The molecule has 1 atom stereocenters. The molecule has 6 heteroatoms. The lowest BCUT2D eigenvalue weighted by molar-refractivity contribution is 0.171. The zero-order valence-electron chi connectivity index (χ0n) is 17.0. The molecule has 154 valence electrons. The lowest BCUT2D eigenvalue weighted by atomic mass is 9.90. The number of nitrogens with zero attached hydrogens (tertiary/aromatic N) is 2. The highest BCUT2D eigenvalue weighted by atomic mass is 16.6. The lowest BCUT2D eigenvalue weighted by Gasteiger charge is -2.32. The van der Waals surface area contributed by atoms with Crippen LogP contribution < -0.4 is 20.3 Å². The second kappa shape index (κ2) is 7.82. The smallest absolute Gasteiger partial charge is 0.267 e. The Hall–Kier alpha value is -2.34. The minimum Gasteiger partial charge on any atom is -0.486 e. The molecule has 1 saturated carbocycles. The van der Waals surface area contributed by atoms with Crippen LogP contribution in [0.1, 0.15) is 67.9 Å². The number of nitrogens with one attached hydrogen (secondary N) is 1. The minimum atomic E-state index is 0.0757. The van der Waals surface area contributed by atoms with Gasteiger partial charge in [0, 0.05) is 18.2 Å². The Morgan fingerprint density at radius 3 is 2.69 bits per heavy atom. The number of hydrogen-bond donors (Lipinski definition) is 1. The van der Waals surface area contributed by atoms with Crippen molar-refractivity contribution in [2.45, 2.75) is 70.0 Å². The number of rotatable bonds is 4. The fourth-order valence-corrected chi connectivity index (χ4v) is 4.94. The molecule has 1 N–H and O–H groups in total. The third-order valence-corrected chi connectivity index (χ3v) is 6.58. The van der Waals surface area contributed by atoms with Gasteiger partial charge in [0.2, 0.25) is 0 Å². The summed E-state index contributed by atoms with van der Waals surface area (Å²) in [5.41, 5.74) is 3.59. The van der Waals surface area contributed by atoms with Crippen molar-refractivity contribution < 1.29 is 9.47 Å². The molecule has 0 radical (unpaired) electrons. The molecule has 6 nitrogen and oxygen atoms in total. The highest BCUT2D eigenvalue weighted by molar-refractivity contribution is 5.44. The van der Waals surface area contributed by atoms with Gasteiger partial charge in [0.15, 0.2) is 11.5 Å². The van der Waals surface area contributed by atoms with Gasteiger partial charge >= 0.3 is 0 Å². The maximum atomic E-state index is 12.5. The van der Waals surface area contributed by atoms with Crippen molar-refractivity contribution in [3.8, 4) is 11.5 Å². The van der Waals surface area contributed by atoms with Crippen LogP contribution in [-0.2, 0) is 12.8 Å². The van der Waals surface area contributed by atoms with Gasteiger partial charge in [-0.05, 0) is 75.1 Å². The molecule has 29 heavy (non-hydrogen) atoms. The second-order valence-electron chi connectivity index (χ2n) is 8.55. The number of aryl methyl sites for hydroxylation is 2. The average Bonchev–Trinajstić information content (AvgIpc) is 3.20. The quantitative estimate of drug-likeness (QED) is 0.860.